The first-order valence-corrected chi connectivity index (χ1v) is 12.5. The molecular weight excluding hydrogens is 547 g/mol. The molecule has 3 aromatic carbocycles. The van der Waals surface area contributed by atoms with Gasteiger partial charge in [-0.1, -0.05) is 24.3 Å². The van der Waals surface area contributed by atoms with Gasteiger partial charge >= 0.3 is 6.18 Å². The molecule has 11 heteroatoms. The predicted molar refractivity (Wildman–Crippen MR) is 142 cm³/mol. The van der Waals surface area contributed by atoms with E-state index in [-0.39, 0.29) is 44.5 Å². The number of hydrogen-bond acceptors (Lipinski definition) is 7. The number of rotatable bonds is 7. The second-order valence-electron chi connectivity index (χ2n) is 8.64. The van der Waals surface area contributed by atoms with Crippen LogP contribution in [0.2, 0.25) is 0 Å². The molecule has 0 spiro atoms. The van der Waals surface area contributed by atoms with Crippen molar-refractivity contribution in [1.82, 2.24) is 0 Å². The van der Waals surface area contributed by atoms with Crippen molar-refractivity contribution in [2.45, 2.75) is 6.18 Å². The van der Waals surface area contributed by atoms with Crippen molar-refractivity contribution in [3.05, 3.63) is 94.5 Å². The third-order valence-electron chi connectivity index (χ3n) is 6.38. The van der Waals surface area contributed by atoms with Crippen molar-refractivity contribution in [3.8, 4) is 27.7 Å². The second-order valence-corrected chi connectivity index (χ2v) is 9.67. The summed E-state index contributed by atoms with van der Waals surface area (Å²) in [6.07, 6.45) is -4.52. The summed E-state index contributed by atoms with van der Waals surface area (Å²) in [4.78, 5) is 41.9. The van der Waals surface area contributed by atoms with Crippen LogP contribution in [-0.2, 0) is 6.18 Å². The fourth-order valence-corrected chi connectivity index (χ4v) is 5.58. The zero-order valence-corrected chi connectivity index (χ0v) is 22.1. The summed E-state index contributed by atoms with van der Waals surface area (Å²) >= 11 is 0.947. The van der Waals surface area contributed by atoms with E-state index >= 15 is 0 Å². The standard InChI is InChI=1S/C29H20F3NO6S/c1-37-21-12-16(13-22(38-2)25(21)39-3)24(34)20-14-23(15-8-10-17(11-9-15)29(30,31)32)40-28(20)33-26(35)18-6-4-5-7-19(18)27(33)36/h4-14H,1-3H3. The SMILES string of the molecule is COc1cc(C(=O)c2cc(-c3ccc(C(F)(F)F)cc3)sc2N2C(=O)c3ccccc3C2=O)cc(OC)c1OC. The molecule has 0 N–H and O–H groups in total. The first-order chi connectivity index (χ1) is 19.1. The minimum absolute atomic E-state index is 0.00340. The van der Waals surface area contributed by atoms with E-state index in [2.05, 4.69) is 0 Å². The monoisotopic (exact) mass is 567 g/mol. The van der Waals surface area contributed by atoms with E-state index in [0.29, 0.717) is 10.4 Å². The van der Waals surface area contributed by atoms with Crippen molar-refractivity contribution in [1.29, 1.82) is 0 Å². The molecule has 7 nitrogen and oxygen atoms in total. The number of fused-ring (bicyclic) bond motifs is 1. The van der Waals surface area contributed by atoms with Crippen LogP contribution in [0, 0.1) is 0 Å². The largest absolute Gasteiger partial charge is 0.493 e. The fourth-order valence-electron chi connectivity index (χ4n) is 4.42. The Balaban J connectivity index is 1.67. The van der Waals surface area contributed by atoms with Crippen LogP contribution >= 0.6 is 11.3 Å². The molecule has 0 bridgehead atoms. The lowest BCUT2D eigenvalue weighted by Gasteiger charge is -2.16. The number of imide groups is 1. The molecular formula is C29H20F3NO6S. The molecule has 0 unspecified atom stereocenters. The van der Waals surface area contributed by atoms with Gasteiger partial charge in [0.15, 0.2) is 17.3 Å². The molecule has 2 amide bonds. The predicted octanol–water partition coefficient (Wildman–Crippen LogP) is 6.49. The summed E-state index contributed by atoms with van der Waals surface area (Å²) < 4.78 is 55.4. The molecule has 204 valence electrons. The lowest BCUT2D eigenvalue weighted by Crippen LogP contribution is -2.29. The number of ether oxygens (including phenoxy) is 3. The van der Waals surface area contributed by atoms with Gasteiger partial charge in [0.1, 0.15) is 5.00 Å². The molecule has 0 aliphatic carbocycles. The quantitative estimate of drug-likeness (QED) is 0.188. The molecule has 1 aliphatic rings. The zero-order valence-electron chi connectivity index (χ0n) is 21.3. The highest BCUT2D eigenvalue weighted by molar-refractivity contribution is 7.20. The first kappa shape index (κ1) is 26.9. The number of thiophene rings is 1. The summed E-state index contributed by atoms with van der Waals surface area (Å²) in [6.45, 7) is 0. The Morgan fingerprint density at radius 2 is 1.35 bits per heavy atom. The Kier molecular flexibility index (Phi) is 6.84. The topological polar surface area (TPSA) is 82.1 Å². The smallest absolute Gasteiger partial charge is 0.416 e. The maximum absolute atomic E-state index is 13.9. The number of methoxy groups -OCH3 is 3. The number of halogens is 3. The molecule has 2 heterocycles. The van der Waals surface area contributed by atoms with Crippen LogP contribution in [0.25, 0.3) is 10.4 Å². The van der Waals surface area contributed by atoms with Gasteiger partial charge in [0, 0.05) is 10.4 Å². The summed E-state index contributed by atoms with van der Waals surface area (Å²) in [5.41, 5.74) is 0.0287. The van der Waals surface area contributed by atoms with Crippen molar-refractivity contribution in [2.24, 2.45) is 0 Å². The Hall–Kier alpha value is -4.64. The minimum atomic E-state index is -4.52. The highest BCUT2D eigenvalue weighted by Crippen LogP contribution is 2.44. The average Bonchev–Trinajstić information content (AvgIpc) is 3.50. The Morgan fingerprint density at radius 3 is 1.82 bits per heavy atom. The Morgan fingerprint density at radius 1 is 0.800 bits per heavy atom. The van der Waals surface area contributed by atoms with E-state index in [1.54, 1.807) is 12.1 Å². The van der Waals surface area contributed by atoms with Gasteiger partial charge in [-0.15, -0.1) is 11.3 Å². The Labute approximate surface area is 230 Å². The molecule has 0 saturated carbocycles. The summed E-state index contributed by atoms with van der Waals surface area (Å²) in [7, 11) is 4.20. The van der Waals surface area contributed by atoms with Crippen LogP contribution in [0.5, 0.6) is 17.2 Å². The van der Waals surface area contributed by atoms with E-state index in [0.717, 1.165) is 28.4 Å². The number of nitrogens with zero attached hydrogens (tertiary/aromatic N) is 1. The van der Waals surface area contributed by atoms with Crippen molar-refractivity contribution < 1.29 is 41.8 Å². The highest BCUT2D eigenvalue weighted by Gasteiger charge is 2.40. The van der Waals surface area contributed by atoms with Crippen molar-refractivity contribution in [3.63, 3.8) is 0 Å². The second kappa shape index (κ2) is 10.2. The van der Waals surface area contributed by atoms with Gasteiger partial charge in [-0.2, -0.15) is 13.2 Å². The van der Waals surface area contributed by atoms with Crippen LogP contribution in [0.15, 0.2) is 66.7 Å². The molecule has 0 radical (unpaired) electrons. The van der Waals surface area contributed by atoms with Gasteiger partial charge in [-0.05, 0) is 48.0 Å². The summed E-state index contributed by atoms with van der Waals surface area (Å²) in [6, 6.07) is 15.0. The van der Waals surface area contributed by atoms with Crippen LogP contribution in [0.3, 0.4) is 0 Å². The van der Waals surface area contributed by atoms with Gasteiger partial charge in [-0.25, -0.2) is 4.90 Å². The molecule has 0 fully saturated rings. The fraction of sp³-hybridized carbons (Fsp3) is 0.138. The van der Waals surface area contributed by atoms with E-state index in [1.807, 2.05) is 0 Å². The maximum Gasteiger partial charge on any atom is 0.416 e. The maximum atomic E-state index is 13.9. The Bertz CT molecular complexity index is 1600. The molecule has 5 rings (SSSR count). The van der Waals surface area contributed by atoms with E-state index in [1.165, 1.54) is 63.8 Å². The number of carbonyl (C=O) groups is 3. The number of amides is 2. The third kappa shape index (κ3) is 4.47. The van der Waals surface area contributed by atoms with Crippen LogP contribution in [-0.4, -0.2) is 38.9 Å². The average molecular weight is 568 g/mol. The summed E-state index contributed by atoms with van der Waals surface area (Å²) in [5.74, 6) is -1.10. The van der Waals surface area contributed by atoms with E-state index < -0.39 is 29.3 Å². The van der Waals surface area contributed by atoms with Gasteiger partial charge in [0.05, 0.1) is 43.6 Å². The number of hydrogen-bond donors (Lipinski definition) is 0. The number of ketones is 1. The van der Waals surface area contributed by atoms with Crippen molar-refractivity contribution in [2.75, 3.05) is 26.2 Å². The van der Waals surface area contributed by atoms with E-state index in [9.17, 15) is 27.6 Å². The molecule has 0 saturated heterocycles. The number of alkyl halides is 3. The van der Waals surface area contributed by atoms with Crippen LogP contribution in [0.1, 0.15) is 42.2 Å². The van der Waals surface area contributed by atoms with Gasteiger partial charge in [-0.3, -0.25) is 14.4 Å². The molecule has 4 aromatic rings. The number of benzene rings is 3. The molecule has 40 heavy (non-hydrogen) atoms. The summed E-state index contributed by atoms with van der Waals surface area (Å²) in [5, 5.41) is 0.0415. The van der Waals surface area contributed by atoms with E-state index in [4.69, 9.17) is 14.2 Å². The third-order valence-corrected chi connectivity index (χ3v) is 7.55. The number of carbonyl (C=O) groups excluding carboxylic acids is 3. The van der Waals surface area contributed by atoms with Gasteiger partial charge in [0.2, 0.25) is 5.75 Å². The molecule has 1 aliphatic heterocycles. The van der Waals surface area contributed by atoms with Crippen LogP contribution < -0.4 is 19.1 Å². The normalized spacial score (nSPS) is 12.9. The molecule has 1 aromatic heterocycles. The number of anilines is 1. The highest BCUT2D eigenvalue weighted by atomic mass is 32.1. The lowest BCUT2D eigenvalue weighted by atomic mass is 10.0. The van der Waals surface area contributed by atoms with Gasteiger partial charge < -0.3 is 14.2 Å². The zero-order chi connectivity index (χ0) is 28.8. The molecule has 0 atom stereocenters. The van der Waals surface area contributed by atoms with Crippen molar-refractivity contribution >= 4 is 33.9 Å². The van der Waals surface area contributed by atoms with Crippen LogP contribution in [0.4, 0.5) is 18.2 Å². The van der Waals surface area contributed by atoms with Gasteiger partial charge in [0.25, 0.3) is 11.8 Å². The lowest BCUT2D eigenvalue weighted by molar-refractivity contribution is -0.137. The first-order valence-electron chi connectivity index (χ1n) is 11.7. The minimum Gasteiger partial charge on any atom is -0.493 e.